The molecule has 0 amide bonds. The van der Waals surface area contributed by atoms with Crippen LogP contribution >= 0.6 is 24.0 Å². The van der Waals surface area contributed by atoms with E-state index in [0.29, 0.717) is 0 Å². The predicted octanol–water partition coefficient (Wildman–Crippen LogP) is 3.52. The molecule has 170 valence electrons. The van der Waals surface area contributed by atoms with E-state index in [2.05, 4.69) is 33.4 Å². The van der Waals surface area contributed by atoms with E-state index in [1.807, 2.05) is 19.2 Å². The zero-order valence-electron chi connectivity index (χ0n) is 18.9. The summed E-state index contributed by atoms with van der Waals surface area (Å²) in [5, 5.41) is 3.48. The maximum Gasteiger partial charge on any atom is 0.193 e. The summed E-state index contributed by atoms with van der Waals surface area (Å²) in [4.78, 5) is 6.75. The number of guanidine groups is 1. The van der Waals surface area contributed by atoms with E-state index in [4.69, 9.17) is 18.9 Å². The fraction of sp³-hybridized carbons (Fsp3) is 0.435. The summed E-state index contributed by atoms with van der Waals surface area (Å²) in [6, 6.07) is 10.2. The van der Waals surface area contributed by atoms with Gasteiger partial charge in [-0.3, -0.25) is 4.99 Å². The van der Waals surface area contributed by atoms with Gasteiger partial charge in [-0.15, -0.1) is 24.0 Å². The first kappa shape index (κ1) is 24.9. The largest absolute Gasteiger partial charge is 0.493 e. The molecule has 0 aromatic heterocycles. The lowest BCUT2D eigenvalue weighted by Crippen LogP contribution is -2.44. The smallest absolute Gasteiger partial charge is 0.193 e. The van der Waals surface area contributed by atoms with Gasteiger partial charge in [-0.25, -0.2) is 0 Å². The Morgan fingerprint density at radius 3 is 2.13 bits per heavy atom. The number of halogens is 1. The van der Waals surface area contributed by atoms with Gasteiger partial charge < -0.3 is 29.2 Å². The molecule has 1 heterocycles. The molecule has 1 aliphatic rings. The molecular formula is C23H32IN3O4. The van der Waals surface area contributed by atoms with E-state index in [9.17, 15) is 0 Å². The molecule has 31 heavy (non-hydrogen) atoms. The third-order valence-corrected chi connectivity index (χ3v) is 5.37. The zero-order chi connectivity index (χ0) is 21.5. The summed E-state index contributed by atoms with van der Waals surface area (Å²) in [6.45, 7) is 2.46. The summed E-state index contributed by atoms with van der Waals surface area (Å²) < 4.78 is 21.6. The van der Waals surface area contributed by atoms with Gasteiger partial charge in [0.25, 0.3) is 0 Å². The van der Waals surface area contributed by atoms with Crippen LogP contribution in [-0.4, -0.2) is 59.4 Å². The van der Waals surface area contributed by atoms with Crippen molar-refractivity contribution in [2.24, 2.45) is 4.99 Å². The molecular weight excluding hydrogens is 509 g/mol. The molecule has 2 aromatic rings. The van der Waals surface area contributed by atoms with Gasteiger partial charge in [0.05, 0.1) is 28.4 Å². The van der Waals surface area contributed by atoms with Crippen LogP contribution < -0.4 is 24.3 Å². The van der Waals surface area contributed by atoms with Crippen LogP contribution in [0.2, 0.25) is 0 Å². The van der Waals surface area contributed by atoms with Gasteiger partial charge in [0, 0.05) is 26.7 Å². The van der Waals surface area contributed by atoms with Gasteiger partial charge >= 0.3 is 0 Å². The predicted molar refractivity (Wildman–Crippen MR) is 134 cm³/mol. The molecule has 0 spiro atoms. The number of hydrogen-bond acceptors (Lipinski definition) is 5. The van der Waals surface area contributed by atoms with E-state index < -0.39 is 0 Å². The molecule has 2 aromatic carbocycles. The fourth-order valence-corrected chi connectivity index (χ4v) is 3.75. The first-order chi connectivity index (χ1) is 14.6. The highest BCUT2D eigenvalue weighted by Gasteiger charge is 2.21. The second-order valence-corrected chi connectivity index (χ2v) is 7.06. The fourth-order valence-electron chi connectivity index (χ4n) is 3.75. The van der Waals surface area contributed by atoms with Crippen molar-refractivity contribution in [1.82, 2.24) is 10.2 Å². The summed E-state index contributed by atoms with van der Waals surface area (Å²) in [5.41, 5.74) is 3.71. The SMILES string of the molecule is CN=C(NCCc1ccc(OC)c(OC)c1)N1CCc2cc(OC)c(OC)cc2C1.I. The Morgan fingerprint density at radius 2 is 1.52 bits per heavy atom. The van der Waals surface area contributed by atoms with Gasteiger partial charge in [0.1, 0.15) is 0 Å². The topological polar surface area (TPSA) is 64.6 Å². The highest BCUT2D eigenvalue weighted by molar-refractivity contribution is 14.0. The van der Waals surface area contributed by atoms with Crippen LogP contribution in [0.25, 0.3) is 0 Å². The van der Waals surface area contributed by atoms with E-state index in [1.165, 1.54) is 16.7 Å². The Balaban J connectivity index is 0.00000341. The van der Waals surface area contributed by atoms with Crippen molar-refractivity contribution in [1.29, 1.82) is 0 Å². The van der Waals surface area contributed by atoms with Crippen molar-refractivity contribution in [3.63, 3.8) is 0 Å². The summed E-state index contributed by atoms with van der Waals surface area (Å²) >= 11 is 0. The number of aliphatic imine (C=N–C) groups is 1. The third-order valence-electron chi connectivity index (χ3n) is 5.37. The van der Waals surface area contributed by atoms with Crippen LogP contribution in [0.3, 0.4) is 0 Å². The van der Waals surface area contributed by atoms with Crippen LogP contribution in [0.4, 0.5) is 0 Å². The van der Waals surface area contributed by atoms with Crippen molar-refractivity contribution in [2.45, 2.75) is 19.4 Å². The van der Waals surface area contributed by atoms with Gasteiger partial charge in [-0.2, -0.15) is 0 Å². The highest BCUT2D eigenvalue weighted by atomic mass is 127. The molecule has 8 heteroatoms. The third kappa shape index (κ3) is 5.87. The molecule has 0 fully saturated rings. The minimum atomic E-state index is 0. The van der Waals surface area contributed by atoms with Gasteiger partial charge in [0.15, 0.2) is 29.0 Å². The molecule has 7 nitrogen and oxygen atoms in total. The summed E-state index contributed by atoms with van der Waals surface area (Å²) in [6.07, 6.45) is 1.79. The zero-order valence-corrected chi connectivity index (χ0v) is 21.2. The Kier molecular flexibility index (Phi) is 9.54. The van der Waals surface area contributed by atoms with E-state index in [-0.39, 0.29) is 24.0 Å². The Hall–Kier alpha value is -2.36. The Morgan fingerprint density at radius 1 is 0.903 bits per heavy atom. The molecule has 0 saturated carbocycles. The van der Waals surface area contributed by atoms with Crippen molar-refractivity contribution in [2.75, 3.05) is 48.6 Å². The molecule has 3 rings (SSSR count). The maximum atomic E-state index is 5.47. The monoisotopic (exact) mass is 541 g/mol. The molecule has 0 atom stereocenters. The minimum absolute atomic E-state index is 0. The molecule has 0 unspecified atom stereocenters. The average molecular weight is 541 g/mol. The molecule has 0 saturated heterocycles. The van der Waals surface area contributed by atoms with Crippen LogP contribution in [-0.2, 0) is 19.4 Å². The van der Waals surface area contributed by atoms with Crippen molar-refractivity contribution >= 4 is 29.9 Å². The van der Waals surface area contributed by atoms with Crippen LogP contribution in [0.5, 0.6) is 23.0 Å². The molecule has 1 N–H and O–H groups in total. The maximum absolute atomic E-state index is 5.47. The average Bonchev–Trinajstić information content (AvgIpc) is 2.80. The van der Waals surface area contributed by atoms with Gasteiger partial charge in [0.2, 0.25) is 0 Å². The van der Waals surface area contributed by atoms with E-state index in [0.717, 1.165) is 61.4 Å². The number of nitrogens with one attached hydrogen (secondary N) is 1. The van der Waals surface area contributed by atoms with E-state index in [1.54, 1.807) is 28.4 Å². The van der Waals surface area contributed by atoms with Gasteiger partial charge in [-0.1, -0.05) is 6.07 Å². The van der Waals surface area contributed by atoms with Crippen molar-refractivity contribution in [3.05, 3.63) is 47.0 Å². The highest BCUT2D eigenvalue weighted by Crippen LogP contribution is 2.33. The molecule has 0 radical (unpaired) electrons. The van der Waals surface area contributed by atoms with Crippen LogP contribution in [0, 0.1) is 0 Å². The number of benzene rings is 2. The van der Waals surface area contributed by atoms with E-state index >= 15 is 0 Å². The Bertz CT molecular complexity index is 905. The lowest BCUT2D eigenvalue weighted by molar-refractivity contribution is 0.346. The van der Waals surface area contributed by atoms with Gasteiger partial charge in [-0.05, 0) is 53.8 Å². The van der Waals surface area contributed by atoms with Crippen molar-refractivity contribution < 1.29 is 18.9 Å². The minimum Gasteiger partial charge on any atom is -0.493 e. The first-order valence-electron chi connectivity index (χ1n) is 10.0. The molecule has 1 aliphatic heterocycles. The summed E-state index contributed by atoms with van der Waals surface area (Å²) in [7, 11) is 8.46. The number of methoxy groups -OCH3 is 4. The number of rotatable bonds is 7. The number of hydrogen-bond donors (Lipinski definition) is 1. The number of nitrogens with zero attached hydrogens (tertiary/aromatic N) is 2. The second kappa shape index (κ2) is 11.9. The second-order valence-electron chi connectivity index (χ2n) is 7.06. The number of fused-ring (bicyclic) bond motifs is 1. The van der Waals surface area contributed by atoms with Crippen LogP contribution in [0.1, 0.15) is 16.7 Å². The lowest BCUT2D eigenvalue weighted by atomic mass is 9.99. The normalized spacial score (nSPS) is 13.1. The van der Waals surface area contributed by atoms with Crippen molar-refractivity contribution in [3.8, 4) is 23.0 Å². The standard InChI is InChI=1S/C23H31N3O4.HI/c1-24-23(25-10-8-16-6-7-19(27-2)20(12-16)28-3)26-11-9-17-13-21(29-4)22(30-5)14-18(17)15-26;/h6-7,12-14H,8-11,15H2,1-5H3,(H,24,25);1H. The Labute approximate surface area is 201 Å². The lowest BCUT2D eigenvalue weighted by Gasteiger charge is -2.32. The molecule has 0 aliphatic carbocycles. The summed E-state index contributed by atoms with van der Waals surface area (Å²) in [5.74, 6) is 3.92. The quantitative estimate of drug-likeness (QED) is 0.329. The first-order valence-corrected chi connectivity index (χ1v) is 10.0. The van der Waals surface area contributed by atoms with Crippen LogP contribution in [0.15, 0.2) is 35.3 Å². The number of ether oxygens (including phenoxy) is 4. The molecule has 0 bridgehead atoms.